The van der Waals surface area contributed by atoms with Crippen LogP contribution in [0.15, 0.2) is 48.5 Å². The fourth-order valence-electron chi connectivity index (χ4n) is 2.46. The Morgan fingerprint density at radius 1 is 0.652 bits per heavy atom. The summed E-state index contributed by atoms with van der Waals surface area (Å²) >= 11 is 0. The minimum atomic E-state index is -2.99. The van der Waals surface area contributed by atoms with Gasteiger partial charge in [-0.25, -0.2) is 8.42 Å². The van der Waals surface area contributed by atoms with Gasteiger partial charge in [0.15, 0.2) is 0 Å². The molecule has 0 bridgehead atoms. The van der Waals surface area contributed by atoms with Crippen molar-refractivity contribution in [3.63, 3.8) is 0 Å². The molecule has 23 heavy (non-hydrogen) atoms. The minimum absolute atomic E-state index is 0.235. The van der Waals surface area contributed by atoms with Gasteiger partial charge in [-0.05, 0) is 61.1 Å². The lowest BCUT2D eigenvalue weighted by molar-refractivity contribution is 0.590. The monoisotopic (exact) mass is 332 g/mol. The lowest BCUT2D eigenvalue weighted by Gasteiger charge is -2.06. The molecule has 0 saturated carbocycles. The number of nitrogens with two attached hydrogens (primary N) is 2. The molecule has 2 rings (SSSR count). The molecule has 0 radical (unpaired) electrons. The van der Waals surface area contributed by atoms with E-state index in [1.54, 1.807) is 0 Å². The molecule has 2 aromatic rings. The Kier molecular flexibility index (Phi) is 6.04. The van der Waals surface area contributed by atoms with Crippen LogP contribution < -0.4 is 11.5 Å². The highest BCUT2D eigenvalue weighted by Crippen LogP contribution is 2.11. The lowest BCUT2D eigenvalue weighted by Crippen LogP contribution is -2.12. The molecule has 0 aliphatic carbocycles. The van der Waals surface area contributed by atoms with Gasteiger partial charge in [-0.15, -0.1) is 0 Å². The fraction of sp³-hybridized carbons (Fsp3) is 0.333. The smallest absolute Gasteiger partial charge is 0.150 e. The topological polar surface area (TPSA) is 86.2 Å². The molecule has 0 saturated heterocycles. The predicted octanol–water partition coefficient (Wildman–Crippen LogP) is 2.83. The largest absolute Gasteiger partial charge is 0.399 e. The summed E-state index contributed by atoms with van der Waals surface area (Å²) in [4.78, 5) is 0. The number of sulfone groups is 1. The van der Waals surface area contributed by atoms with Crippen LogP contribution in [0.3, 0.4) is 0 Å². The summed E-state index contributed by atoms with van der Waals surface area (Å²) in [6.07, 6.45) is 2.82. The van der Waals surface area contributed by atoms with Crippen LogP contribution in [0, 0.1) is 0 Å². The molecule has 0 fully saturated rings. The van der Waals surface area contributed by atoms with E-state index in [0.29, 0.717) is 12.8 Å². The van der Waals surface area contributed by atoms with E-state index in [0.717, 1.165) is 35.3 Å². The second kappa shape index (κ2) is 8.02. The molecule has 0 atom stereocenters. The van der Waals surface area contributed by atoms with Gasteiger partial charge in [0.25, 0.3) is 0 Å². The molecular weight excluding hydrogens is 308 g/mol. The van der Waals surface area contributed by atoms with Gasteiger partial charge in [0, 0.05) is 11.4 Å². The molecule has 0 amide bonds. The van der Waals surface area contributed by atoms with Crippen LogP contribution in [0.5, 0.6) is 0 Å². The first-order valence-corrected chi connectivity index (χ1v) is 9.66. The Labute approximate surface area is 138 Å². The van der Waals surface area contributed by atoms with E-state index in [1.165, 1.54) is 0 Å². The molecule has 0 heterocycles. The van der Waals surface area contributed by atoms with Gasteiger partial charge in [-0.3, -0.25) is 0 Å². The average molecular weight is 332 g/mol. The summed E-state index contributed by atoms with van der Waals surface area (Å²) in [5.74, 6) is 0.470. The molecule has 4 N–H and O–H groups in total. The van der Waals surface area contributed by atoms with Gasteiger partial charge in [-0.2, -0.15) is 0 Å². The minimum Gasteiger partial charge on any atom is -0.399 e. The average Bonchev–Trinajstić information content (AvgIpc) is 2.51. The van der Waals surface area contributed by atoms with Gasteiger partial charge in [0.05, 0.1) is 11.5 Å². The van der Waals surface area contributed by atoms with Crippen LogP contribution in [0.1, 0.15) is 24.0 Å². The Hall–Kier alpha value is -2.01. The van der Waals surface area contributed by atoms with Crippen molar-refractivity contribution in [2.45, 2.75) is 25.7 Å². The zero-order valence-corrected chi connectivity index (χ0v) is 14.1. The Morgan fingerprint density at radius 3 is 1.35 bits per heavy atom. The van der Waals surface area contributed by atoms with Crippen LogP contribution in [-0.2, 0) is 22.7 Å². The second-order valence-corrected chi connectivity index (χ2v) is 8.15. The Morgan fingerprint density at radius 2 is 1.00 bits per heavy atom. The third-order valence-corrected chi connectivity index (χ3v) is 5.62. The maximum Gasteiger partial charge on any atom is 0.150 e. The van der Waals surface area contributed by atoms with E-state index in [4.69, 9.17) is 11.5 Å². The summed E-state index contributed by atoms with van der Waals surface area (Å²) in [7, 11) is -2.99. The fourth-order valence-corrected chi connectivity index (χ4v) is 3.84. The van der Waals surface area contributed by atoms with Crippen LogP contribution in [0.2, 0.25) is 0 Å². The molecule has 0 unspecified atom stereocenters. The van der Waals surface area contributed by atoms with Crippen LogP contribution in [0.25, 0.3) is 0 Å². The van der Waals surface area contributed by atoms with E-state index < -0.39 is 9.84 Å². The number of hydrogen-bond donors (Lipinski definition) is 2. The van der Waals surface area contributed by atoms with Crippen molar-refractivity contribution in [1.29, 1.82) is 0 Å². The van der Waals surface area contributed by atoms with E-state index in [-0.39, 0.29) is 11.5 Å². The molecule has 0 spiro atoms. The molecule has 124 valence electrons. The van der Waals surface area contributed by atoms with Gasteiger partial charge < -0.3 is 11.5 Å². The van der Waals surface area contributed by atoms with Crippen molar-refractivity contribution < 1.29 is 8.42 Å². The number of rotatable bonds is 8. The van der Waals surface area contributed by atoms with Gasteiger partial charge >= 0.3 is 0 Å². The second-order valence-electron chi connectivity index (χ2n) is 5.84. The third kappa shape index (κ3) is 6.32. The first-order valence-electron chi connectivity index (χ1n) is 7.84. The van der Waals surface area contributed by atoms with Crippen molar-refractivity contribution in [2.75, 3.05) is 23.0 Å². The third-order valence-electron chi connectivity index (χ3n) is 3.80. The maximum absolute atomic E-state index is 12.1. The number of hydrogen-bond acceptors (Lipinski definition) is 4. The number of nitrogen functional groups attached to an aromatic ring is 2. The quantitative estimate of drug-likeness (QED) is 0.728. The first-order chi connectivity index (χ1) is 10.9. The van der Waals surface area contributed by atoms with E-state index in [9.17, 15) is 8.42 Å². The molecule has 0 aromatic heterocycles. The van der Waals surface area contributed by atoms with Gasteiger partial charge in [0.1, 0.15) is 9.84 Å². The molecule has 4 nitrogen and oxygen atoms in total. The number of anilines is 2. The van der Waals surface area contributed by atoms with Crippen molar-refractivity contribution >= 4 is 21.2 Å². The summed E-state index contributed by atoms with van der Waals surface area (Å²) in [5.41, 5.74) is 15.0. The standard InChI is InChI=1S/C18H24N2O2S/c19-17-9-5-15(6-10-17)3-1-13-23(21,22)14-2-4-16-7-11-18(20)12-8-16/h5-12H,1-4,13-14,19-20H2. The van der Waals surface area contributed by atoms with Crippen LogP contribution >= 0.6 is 0 Å². The normalized spacial score (nSPS) is 11.5. The molecule has 2 aromatic carbocycles. The zero-order valence-electron chi connectivity index (χ0n) is 13.2. The maximum atomic E-state index is 12.1. The van der Waals surface area contributed by atoms with Crippen LogP contribution in [0.4, 0.5) is 11.4 Å². The SMILES string of the molecule is Nc1ccc(CCCS(=O)(=O)CCCc2ccc(N)cc2)cc1. The summed E-state index contributed by atoms with van der Waals surface area (Å²) in [5, 5.41) is 0. The summed E-state index contributed by atoms with van der Waals surface area (Å²) < 4.78 is 24.2. The van der Waals surface area contributed by atoms with Gasteiger partial charge in [-0.1, -0.05) is 24.3 Å². The molecular formula is C18H24N2O2S. The number of benzene rings is 2. The molecule has 0 aliphatic heterocycles. The van der Waals surface area contributed by atoms with Crippen LogP contribution in [-0.4, -0.2) is 19.9 Å². The zero-order chi connectivity index (χ0) is 16.7. The van der Waals surface area contributed by atoms with E-state index in [2.05, 4.69) is 0 Å². The van der Waals surface area contributed by atoms with E-state index >= 15 is 0 Å². The lowest BCUT2D eigenvalue weighted by atomic mass is 10.1. The molecule has 0 aliphatic rings. The Balaban J connectivity index is 1.71. The predicted molar refractivity (Wildman–Crippen MR) is 97.0 cm³/mol. The summed E-state index contributed by atoms with van der Waals surface area (Å²) in [6.45, 7) is 0. The molecule has 5 heteroatoms. The van der Waals surface area contributed by atoms with Gasteiger partial charge in [0.2, 0.25) is 0 Å². The van der Waals surface area contributed by atoms with Crippen molar-refractivity contribution in [3.05, 3.63) is 59.7 Å². The highest BCUT2D eigenvalue weighted by Gasteiger charge is 2.10. The Bertz CT molecular complexity index is 650. The van der Waals surface area contributed by atoms with E-state index in [1.807, 2.05) is 48.5 Å². The van der Waals surface area contributed by atoms with Crippen molar-refractivity contribution in [3.8, 4) is 0 Å². The number of aryl methyl sites for hydroxylation is 2. The summed E-state index contributed by atoms with van der Waals surface area (Å²) in [6, 6.07) is 15.2. The first kappa shape index (κ1) is 17.3. The highest BCUT2D eigenvalue weighted by molar-refractivity contribution is 7.91. The van der Waals surface area contributed by atoms with Crippen molar-refractivity contribution in [1.82, 2.24) is 0 Å². The highest BCUT2D eigenvalue weighted by atomic mass is 32.2. The van der Waals surface area contributed by atoms with Crippen molar-refractivity contribution in [2.24, 2.45) is 0 Å².